The van der Waals surface area contributed by atoms with Crippen LogP contribution in [0.4, 0.5) is 0 Å². The highest BCUT2D eigenvalue weighted by molar-refractivity contribution is 6.33. The molecule has 1 radical (unpaired) electrons. The lowest BCUT2D eigenvalue weighted by atomic mass is 9.66. The first kappa shape index (κ1) is 7.14. The van der Waals surface area contributed by atoms with Gasteiger partial charge in [-0.15, -0.1) is 0 Å². The molecule has 51 valence electrons. The maximum Gasteiger partial charge on any atom is 0.205 e. The van der Waals surface area contributed by atoms with E-state index in [-0.39, 0.29) is 0 Å². The van der Waals surface area contributed by atoms with Gasteiger partial charge in [0, 0.05) is 0 Å². The Bertz CT molecular complexity index is 85.0. The first-order chi connectivity index (χ1) is 4.33. The molecule has 0 aromatic carbocycles. The van der Waals surface area contributed by atoms with Crippen LogP contribution >= 0.6 is 0 Å². The second kappa shape index (κ2) is 3.26. The van der Waals surface area contributed by atoms with Crippen molar-refractivity contribution in [3.8, 4) is 0 Å². The van der Waals surface area contributed by atoms with Gasteiger partial charge in [-0.05, 0) is 5.92 Å². The van der Waals surface area contributed by atoms with Gasteiger partial charge in [0.05, 0.1) is 0 Å². The van der Waals surface area contributed by atoms with E-state index in [1.165, 1.54) is 25.7 Å². The van der Waals surface area contributed by atoms with Crippen molar-refractivity contribution in [3.05, 3.63) is 0 Å². The van der Waals surface area contributed by atoms with Crippen LogP contribution in [0.25, 0.3) is 0 Å². The third-order valence-electron chi connectivity index (χ3n) is 2.25. The highest BCUT2D eigenvalue weighted by Crippen LogP contribution is 2.30. The van der Waals surface area contributed by atoms with Crippen molar-refractivity contribution < 1.29 is 0 Å². The molecule has 0 aliphatic heterocycles. The molecule has 0 heterocycles. The molecule has 1 nitrogen and oxygen atoms in total. The third kappa shape index (κ3) is 2.01. The zero-order chi connectivity index (χ0) is 6.69. The van der Waals surface area contributed by atoms with Crippen LogP contribution in [0.5, 0.6) is 0 Å². The van der Waals surface area contributed by atoms with Gasteiger partial charge < -0.3 is 5.64 Å². The molecule has 1 saturated carbocycles. The van der Waals surface area contributed by atoms with Crippen LogP contribution in [-0.4, -0.2) is 7.41 Å². The molecule has 2 unspecified atom stereocenters. The standard InChI is InChI=1S/C7H15BN/c1-6-3-2-4-7(5-6)8-9/h6-7H,2-5,9H2,1H3. The molecule has 0 spiro atoms. The van der Waals surface area contributed by atoms with E-state index in [1.54, 1.807) is 0 Å². The predicted octanol–water partition coefficient (Wildman–Crippen LogP) is 1.56. The van der Waals surface area contributed by atoms with E-state index in [4.69, 9.17) is 5.64 Å². The Morgan fingerprint density at radius 1 is 1.44 bits per heavy atom. The van der Waals surface area contributed by atoms with Crippen LogP contribution in [0.1, 0.15) is 32.6 Å². The van der Waals surface area contributed by atoms with E-state index in [9.17, 15) is 0 Å². The second-order valence-electron chi connectivity index (χ2n) is 3.22. The molecule has 0 bridgehead atoms. The largest absolute Gasteiger partial charge is 0.374 e. The predicted molar refractivity (Wildman–Crippen MR) is 41.3 cm³/mol. The SMILES string of the molecule is CC1CCCC([B]N)C1. The Morgan fingerprint density at radius 3 is 2.67 bits per heavy atom. The van der Waals surface area contributed by atoms with E-state index in [0.29, 0.717) is 5.82 Å². The molecule has 2 N–H and O–H groups in total. The summed E-state index contributed by atoms with van der Waals surface area (Å²) < 4.78 is 0. The Balaban J connectivity index is 2.23. The van der Waals surface area contributed by atoms with Crippen molar-refractivity contribution in [1.82, 2.24) is 0 Å². The lowest BCUT2D eigenvalue weighted by Gasteiger charge is -2.24. The van der Waals surface area contributed by atoms with Gasteiger partial charge in [0.15, 0.2) is 0 Å². The van der Waals surface area contributed by atoms with E-state index in [2.05, 4.69) is 6.92 Å². The van der Waals surface area contributed by atoms with Crippen LogP contribution in [0.2, 0.25) is 5.82 Å². The fourth-order valence-corrected chi connectivity index (χ4v) is 1.66. The monoisotopic (exact) mass is 124 g/mol. The van der Waals surface area contributed by atoms with Crippen LogP contribution in [-0.2, 0) is 0 Å². The molecule has 1 aliphatic carbocycles. The van der Waals surface area contributed by atoms with E-state index in [1.807, 2.05) is 7.41 Å². The Hall–Kier alpha value is 0.0249. The molecular formula is C7H15BN. The zero-order valence-electron chi connectivity index (χ0n) is 6.14. The maximum absolute atomic E-state index is 5.44. The Kier molecular flexibility index (Phi) is 2.58. The summed E-state index contributed by atoms with van der Waals surface area (Å²) in [4.78, 5) is 0. The van der Waals surface area contributed by atoms with E-state index >= 15 is 0 Å². The van der Waals surface area contributed by atoms with Gasteiger partial charge in [-0.1, -0.05) is 38.4 Å². The van der Waals surface area contributed by atoms with E-state index in [0.717, 1.165) is 5.92 Å². The molecular weight excluding hydrogens is 109 g/mol. The summed E-state index contributed by atoms with van der Waals surface area (Å²) in [5.74, 6) is 1.62. The number of hydrogen-bond acceptors (Lipinski definition) is 1. The van der Waals surface area contributed by atoms with Crippen LogP contribution in [0, 0.1) is 5.92 Å². The summed E-state index contributed by atoms with van der Waals surface area (Å²) in [6, 6.07) is 0. The van der Waals surface area contributed by atoms with Crippen LogP contribution < -0.4 is 5.64 Å². The van der Waals surface area contributed by atoms with Gasteiger partial charge in [-0.3, -0.25) is 0 Å². The van der Waals surface area contributed by atoms with Gasteiger partial charge in [-0.25, -0.2) is 0 Å². The van der Waals surface area contributed by atoms with Crippen molar-refractivity contribution in [1.29, 1.82) is 0 Å². The average Bonchev–Trinajstić information content (AvgIpc) is 1.88. The number of hydrogen-bond donors (Lipinski definition) is 1. The summed E-state index contributed by atoms with van der Waals surface area (Å²) >= 11 is 0. The first-order valence-electron chi connectivity index (χ1n) is 3.88. The fraction of sp³-hybridized carbons (Fsp3) is 1.00. The average molecular weight is 124 g/mol. The summed E-state index contributed by atoms with van der Waals surface area (Å²) in [6.45, 7) is 2.32. The van der Waals surface area contributed by atoms with Gasteiger partial charge in [0.2, 0.25) is 7.41 Å². The summed E-state index contributed by atoms with van der Waals surface area (Å²) in [5.41, 5.74) is 5.44. The minimum Gasteiger partial charge on any atom is -0.374 e. The van der Waals surface area contributed by atoms with Gasteiger partial charge in [0.1, 0.15) is 0 Å². The van der Waals surface area contributed by atoms with E-state index < -0.39 is 0 Å². The quantitative estimate of drug-likeness (QED) is 0.527. The first-order valence-corrected chi connectivity index (χ1v) is 3.88. The summed E-state index contributed by atoms with van der Waals surface area (Å²) in [7, 11) is 1.87. The lowest BCUT2D eigenvalue weighted by Crippen LogP contribution is -2.19. The highest BCUT2D eigenvalue weighted by Gasteiger charge is 2.17. The third-order valence-corrected chi connectivity index (χ3v) is 2.25. The molecule has 0 aromatic heterocycles. The van der Waals surface area contributed by atoms with Crippen molar-refractivity contribution in [2.75, 3.05) is 0 Å². The normalized spacial score (nSPS) is 36.2. The molecule has 0 amide bonds. The van der Waals surface area contributed by atoms with Crippen LogP contribution in [0.3, 0.4) is 0 Å². The fourth-order valence-electron chi connectivity index (χ4n) is 1.66. The Morgan fingerprint density at radius 2 is 2.22 bits per heavy atom. The lowest BCUT2D eigenvalue weighted by molar-refractivity contribution is 0.383. The second-order valence-corrected chi connectivity index (χ2v) is 3.22. The molecule has 1 rings (SSSR count). The molecule has 2 atom stereocenters. The van der Waals surface area contributed by atoms with Crippen molar-refractivity contribution >= 4 is 7.41 Å². The molecule has 0 saturated heterocycles. The molecule has 1 aliphatic rings. The zero-order valence-corrected chi connectivity index (χ0v) is 6.14. The summed E-state index contributed by atoms with van der Waals surface area (Å²) in [6.07, 6.45) is 5.42. The number of rotatable bonds is 1. The minimum atomic E-state index is 0.716. The molecule has 0 aromatic rings. The number of nitrogens with two attached hydrogens (primary N) is 1. The van der Waals surface area contributed by atoms with Crippen molar-refractivity contribution in [2.24, 2.45) is 11.6 Å². The topological polar surface area (TPSA) is 26.0 Å². The van der Waals surface area contributed by atoms with Crippen molar-refractivity contribution in [3.63, 3.8) is 0 Å². The van der Waals surface area contributed by atoms with Crippen molar-refractivity contribution in [2.45, 2.75) is 38.4 Å². The Labute approximate surface area is 58.3 Å². The van der Waals surface area contributed by atoms with Gasteiger partial charge >= 0.3 is 0 Å². The summed E-state index contributed by atoms with van der Waals surface area (Å²) in [5, 5.41) is 0. The van der Waals surface area contributed by atoms with Gasteiger partial charge in [0.25, 0.3) is 0 Å². The minimum absolute atomic E-state index is 0.716. The molecule has 1 fully saturated rings. The van der Waals surface area contributed by atoms with Gasteiger partial charge in [-0.2, -0.15) is 0 Å². The highest BCUT2D eigenvalue weighted by atomic mass is 14.4. The van der Waals surface area contributed by atoms with Crippen LogP contribution in [0.15, 0.2) is 0 Å². The molecule has 2 heteroatoms. The maximum atomic E-state index is 5.44. The molecule has 9 heavy (non-hydrogen) atoms. The smallest absolute Gasteiger partial charge is 0.205 e.